The minimum atomic E-state index is -1.01. The molecule has 0 aliphatic heterocycles. The van der Waals surface area contributed by atoms with Crippen molar-refractivity contribution in [3.05, 3.63) is 63.7 Å². The number of aromatic nitrogens is 2. The molecule has 0 bridgehead atoms. The largest absolute Gasteiger partial charge is 0.478 e. The molecular weight excluding hydrogens is 315 g/mol. The first-order chi connectivity index (χ1) is 11.5. The van der Waals surface area contributed by atoms with Gasteiger partial charge >= 0.3 is 5.97 Å². The third-order valence-electron chi connectivity index (χ3n) is 3.51. The first-order valence-corrected chi connectivity index (χ1v) is 7.00. The van der Waals surface area contributed by atoms with Gasteiger partial charge in [0.1, 0.15) is 5.39 Å². The van der Waals surface area contributed by atoms with Gasteiger partial charge in [-0.15, -0.1) is 0 Å². The van der Waals surface area contributed by atoms with Crippen LogP contribution in [0.2, 0.25) is 0 Å². The minimum absolute atomic E-state index is 0.0777. The third kappa shape index (κ3) is 2.89. The van der Waals surface area contributed by atoms with E-state index in [9.17, 15) is 14.0 Å². The Bertz CT molecular complexity index is 983. The van der Waals surface area contributed by atoms with Crippen molar-refractivity contribution in [1.29, 1.82) is 0 Å². The van der Waals surface area contributed by atoms with E-state index in [2.05, 4.69) is 15.3 Å². The van der Waals surface area contributed by atoms with Gasteiger partial charge in [0.25, 0.3) is 5.56 Å². The maximum Gasteiger partial charge on any atom is 0.335 e. The standard InChI is InChI=1S/C16H13FN4O3/c17-13-11(6-5-10-12(13)14(22)21-16(18)20-10)19-7-8-1-3-9(4-2-8)15(23)24/h1-6,19H,7H2,(H,23,24)(H3,18,20,21,22). The van der Waals surface area contributed by atoms with Crippen molar-refractivity contribution in [3.63, 3.8) is 0 Å². The van der Waals surface area contributed by atoms with Gasteiger partial charge in [0.15, 0.2) is 5.82 Å². The molecule has 1 heterocycles. The molecule has 2 aromatic carbocycles. The highest BCUT2D eigenvalue weighted by atomic mass is 19.1. The third-order valence-corrected chi connectivity index (χ3v) is 3.51. The minimum Gasteiger partial charge on any atom is -0.478 e. The van der Waals surface area contributed by atoms with Gasteiger partial charge in [-0.25, -0.2) is 14.2 Å². The Morgan fingerprint density at radius 1 is 1.25 bits per heavy atom. The normalized spacial score (nSPS) is 10.7. The summed E-state index contributed by atoms with van der Waals surface area (Å²) in [6.07, 6.45) is 0. The van der Waals surface area contributed by atoms with Crippen LogP contribution in [0.5, 0.6) is 0 Å². The quantitative estimate of drug-likeness (QED) is 0.581. The molecule has 0 unspecified atom stereocenters. The smallest absolute Gasteiger partial charge is 0.335 e. The maximum absolute atomic E-state index is 14.5. The van der Waals surface area contributed by atoms with Crippen molar-refractivity contribution < 1.29 is 14.3 Å². The van der Waals surface area contributed by atoms with Gasteiger partial charge < -0.3 is 16.2 Å². The molecule has 1 aromatic heterocycles. The summed E-state index contributed by atoms with van der Waals surface area (Å²) in [5.74, 6) is -1.81. The number of carboxylic acid groups (broad SMARTS) is 1. The average molecular weight is 328 g/mol. The van der Waals surface area contributed by atoms with Gasteiger partial charge in [-0.2, -0.15) is 0 Å². The number of halogens is 1. The predicted molar refractivity (Wildman–Crippen MR) is 87.5 cm³/mol. The molecule has 3 rings (SSSR count). The fourth-order valence-electron chi connectivity index (χ4n) is 2.31. The van der Waals surface area contributed by atoms with Gasteiger partial charge in [0.05, 0.1) is 16.8 Å². The van der Waals surface area contributed by atoms with Crippen LogP contribution in [0.25, 0.3) is 10.9 Å². The zero-order valence-electron chi connectivity index (χ0n) is 12.3. The molecule has 0 atom stereocenters. The van der Waals surface area contributed by atoms with Crippen LogP contribution in [0, 0.1) is 5.82 Å². The number of anilines is 2. The second-order valence-electron chi connectivity index (χ2n) is 5.13. The molecule has 0 spiro atoms. The first-order valence-electron chi connectivity index (χ1n) is 7.00. The van der Waals surface area contributed by atoms with Gasteiger partial charge in [-0.3, -0.25) is 9.78 Å². The molecule has 0 aliphatic rings. The van der Waals surface area contributed by atoms with Crippen molar-refractivity contribution in [1.82, 2.24) is 9.97 Å². The molecular formula is C16H13FN4O3. The van der Waals surface area contributed by atoms with E-state index in [4.69, 9.17) is 10.8 Å². The Morgan fingerprint density at radius 3 is 2.62 bits per heavy atom. The fraction of sp³-hybridized carbons (Fsp3) is 0.0625. The Balaban J connectivity index is 1.86. The summed E-state index contributed by atoms with van der Waals surface area (Å²) in [4.78, 5) is 28.8. The summed E-state index contributed by atoms with van der Waals surface area (Å²) in [5.41, 5.74) is 6.04. The molecule has 3 aromatic rings. The van der Waals surface area contributed by atoms with Crippen LogP contribution < -0.4 is 16.6 Å². The van der Waals surface area contributed by atoms with Crippen molar-refractivity contribution >= 4 is 28.5 Å². The van der Waals surface area contributed by atoms with E-state index >= 15 is 0 Å². The van der Waals surface area contributed by atoms with Crippen LogP contribution in [-0.4, -0.2) is 21.0 Å². The van der Waals surface area contributed by atoms with Crippen LogP contribution in [0.3, 0.4) is 0 Å². The number of carboxylic acids is 1. The number of nitrogens with two attached hydrogens (primary N) is 1. The highest BCUT2D eigenvalue weighted by Gasteiger charge is 2.12. The van der Waals surface area contributed by atoms with E-state index in [1.807, 2.05) is 0 Å². The van der Waals surface area contributed by atoms with E-state index in [1.165, 1.54) is 24.3 Å². The van der Waals surface area contributed by atoms with E-state index < -0.39 is 17.3 Å². The highest BCUT2D eigenvalue weighted by Crippen LogP contribution is 2.21. The van der Waals surface area contributed by atoms with Crippen molar-refractivity contribution in [3.8, 4) is 0 Å². The Hall–Kier alpha value is -3.42. The zero-order valence-corrected chi connectivity index (χ0v) is 12.3. The predicted octanol–water partition coefficient (Wildman–Crippen LogP) is 1.95. The van der Waals surface area contributed by atoms with Crippen molar-refractivity contribution in [2.75, 3.05) is 11.1 Å². The van der Waals surface area contributed by atoms with Crippen molar-refractivity contribution in [2.24, 2.45) is 0 Å². The number of hydrogen-bond acceptors (Lipinski definition) is 5. The number of nitrogen functional groups attached to an aromatic ring is 1. The number of hydrogen-bond donors (Lipinski definition) is 4. The molecule has 0 aliphatic carbocycles. The summed E-state index contributed by atoms with van der Waals surface area (Å²) in [6, 6.07) is 9.16. The number of nitrogens with one attached hydrogen (secondary N) is 2. The summed E-state index contributed by atoms with van der Waals surface area (Å²) >= 11 is 0. The molecule has 7 nitrogen and oxygen atoms in total. The number of carbonyl (C=O) groups is 1. The number of fused-ring (bicyclic) bond motifs is 1. The number of benzene rings is 2. The van der Waals surface area contributed by atoms with Gasteiger partial charge in [-0.1, -0.05) is 12.1 Å². The zero-order chi connectivity index (χ0) is 17.3. The van der Waals surface area contributed by atoms with Gasteiger partial charge in [0.2, 0.25) is 5.95 Å². The molecule has 0 fully saturated rings. The average Bonchev–Trinajstić information content (AvgIpc) is 2.54. The van der Waals surface area contributed by atoms with Crippen molar-refractivity contribution in [2.45, 2.75) is 6.54 Å². The fourth-order valence-corrected chi connectivity index (χ4v) is 2.31. The lowest BCUT2D eigenvalue weighted by atomic mass is 10.1. The van der Waals surface area contributed by atoms with Crippen LogP contribution >= 0.6 is 0 Å². The monoisotopic (exact) mass is 328 g/mol. The van der Waals surface area contributed by atoms with E-state index in [0.717, 1.165) is 5.56 Å². The summed E-state index contributed by atoms with van der Waals surface area (Å²) in [6.45, 7) is 0.266. The molecule has 5 N–H and O–H groups in total. The lowest BCUT2D eigenvalue weighted by Gasteiger charge is -2.09. The lowest BCUT2D eigenvalue weighted by molar-refractivity contribution is 0.0697. The number of rotatable bonds is 4. The highest BCUT2D eigenvalue weighted by molar-refractivity contribution is 5.87. The second-order valence-corrected chi connectivity index (χ2v) is 5.13. The second kappa shape index (κ2) is 5.99. The summed E-state index contributed by atoms with van der Waals surface area (Å²) < 4.78 is 14.5. The molecule has 0 saturated heterocycles. The molecule has 24 heavy (non-hydrogen) atoms. The van der Waals surface area contributed by atoms with Crippen LogP contribution in [0.1, 0.15) is 15.9 Å². The number of H-pyrrole nitrogens is 1. The van der Waals surface area contributed by atoms with Crippen LogP contribution in [0.4, 0.5) is 16.0 Å². The molecule has 0 saturated carbocycles. The van der Waals surface area contributed by atoms with Crippen LogP contribution in [0.15, 0.2) is 41.2 Å². The topological polar surface area (TPSA) is 121 Å². The number of aromatic amines is 1. The molecule has 8 heteroatoms. The SMILES string of the molecule is Nc1nc2ccc(NCc3ccc(C(=O)O)cc3)c(F)c2c(=O)[nH]1. The van der Waals surface area contributed by atoms with Crippen LogP contribution in [-0.2, 0) is 6.54 Å². The Morgan fingerprint density at radius 2 is 1.96 bits per heavy atom. The van der Waals surface area contributed by atoms with E-state index in [1.54, 1.807) is 12.1 Å². The van der Waals surface area contributed by atoms with E-state index in [0.29, 0.717) is 0 Å². The Labute approximate surface area is 135 Å². The van der Waals surface area contributed by atoms with E-state index in [-0.39, 0.29) is 34.6 Å². The molecule has 122 valence electrons. The molecule has 0 radical (unpaired) electrons. The lowest BCUT2D eigenvalue weighted by Crippen LogP contribution is -2.13. The number of aromatic carboxylic acids is 1. The maximum atomic E-state index is 14.5. The van der Waals surface area contributed by atoms with Gasteiger partial charge in [0, 0.05) is 6.54 Å². The number of nitrogens with zero attached hydrogens (tertiary/aromatic N) is 1. The summed E-state index contributed by atoms with van der Waals surface area (Å²) in [7, 11) is 0. The summed E-state index contributed by atoms with van der Waals surface area (Å²) in [5, 5.41) is 11.6. The molecule has 0 amide bonds. The van der Waals surface area contributed by atoms with Gasteiger partial charge in [-0.05, 0) is 29.8 Å². The first kappa shape index (κ1) is 15.5. The Kier molecular flexibility index (Phi) is 3.87.